The predicted molar refractivity (Wildman–Crippen MR) is 61.9 cm³/mol. The third-order valence-electron chi connectivity index (χ3n) is 2.28. The summed E-state index contributed by atoms with van der Waals surface area (Å²) in [5.74, 6) is 1.87. The molecule has 0 N–H and O–H groups in total. The Hall–Kier alpha value is -1.01. The van der Waals surface area contributed by atoms with Crippen molar-refractivity contribution < 1.29 is 14.2 Å². The molecule has 1 aromatic heterocycles. The van der Waals surface area contributed by atoms with E-state index >= 15 is 0 Å². The van der Waals surface area contributed by atoms with Crippen LogP contribution in [0.1, 0.15) is 17.0 Å². The van der Waals surface area contributed by atoms with Crippen LogP contribution < -0.4 is 0 Å². The van der Waals surface area contributed by atoms with Crippen LogP contribution in [0.5, 0.6) is 0 Å². The summed E-state index contributed by atoms with van der Waals surface area (Å²) in [4.78, 5) is 16.2. The zero-order chi connectivity index (χ0) is 12.1. The van der Waals surface area contributed by atoms with Crippen LogP contribution in [0, 0.1) is 13.8 Å². The second-order valence-electron chi connectivity index (χ2n) is 3.37. The van der Waals surface area contributed by atoms with Gasteiger partial charge in [-0.25, -0.2) is 5.06 Å². The highest BCUT2D eigenvalue weighted by Gasteiger charge is 2.11. The van der Waals surface area contributed by atoms with Crippen molar-refractivity contribution in [3.05, 3.63) is 17.0 Å². The fourth-order valence-corrected chi connectivity index (χ4v) is 2.22. The first-order valence-corrected chi connectivity index (χ1v) is 6.02. The average molecular weight is 244 g/mol. The zero-order valence-electron chi connectivity index (χ0n) is 9.94. The quantitative estimate of drug-likeness (QED) is 0.735. The standard InChI is InChI=1S/C10H16N2O3S/c1-7-9(8(2)15-11-7)5-16-6-10(13)12(3)14-4/h5-6H2,1-4H3. The Bertz CT molecular complexity index is 345. The largest absolute Gasteiger partial charge is 0.361 e. The number of amides is 1. The first-order chi connectivity index (χ1) is 7.56. The summed E-state index contributed by atoms with van der Waals surface area (Å²) in [6.45, 7) is 3.77. The van der Waals surface area contributed by atoms with Crippen molar-refractivity contribution in [2.45, 2.75) is 19.6 Å². The summed E-state index contributed by atoms with van der Waals surface area (Å²) in [5.41, 5.74) is 1.95. The van der Waals surface area contributed by atoms with Gasteiger partial charge in [0, 0.05) is 18.4 Å². The van der Waals surface area contributed by atoms with Gasteiger partial charge in [0.15, 0.2) is 0 Å². The number of aryl methyl sites for hydroxylation is 2. The van der Waals surface area contributed by atoms with Crippen LogP contribution >= 0.6 is 11.8 Å². The number of nitrogens with zero attached hydrogens (tertiary/aromatic N) is 2. The smallest absolute Gasteiger partial charge is 0.255 e. The third-order valence-corrected chi connectivity index (χ3v) is 3.22. The van der Waals surface area contributed by atoms with Crippen molar-refractivity contribution in [2.75, 3.05) is 19.9 Å². The Labute approximate surface area is 99.1 Å². The molecule has 0 aliphatic carbocycles. The molecular formula is C10H16N2O3S. The van der Waals surface area contributed by atoms with E-state index in [1.165, 1.54) is 23.9 Å². The lowest BCUT2D eigenvalue weighted by atomic mass is 10.2. The molecule has 0 unspecified atom stereocenters. The van der Waals surface area contributed by atoms with Crippen LogP contribution in [0.4, 0.5) is 0 Å². The molecule has 0 aromatic carbocycles. The normalized spacial score (nSPS) is 10.5. The Morgan fingerprint density at radius 3 is 2.75 bits per heavy atom. The van der Waals surface area contributed by atoms with Gasteiger partial charge < -0.3 is 4.52 Å². The van der Waals surface area contributed by atoms with Gasteiger partial charge in [-0.2, -0.15) is 0 Å². The monoisotopic (exact) mass is 244 g/mol. The average Bonchev–Trinajstić information content (AvgIpc) is 2.59. The lowest BCUT2D eigenvalue weighted by Crippen LogP contribution is -2.27. The molecule has 0 saturated heterocycles. The first kappa shape index (κ1) is 13.1. The van der Waals surface area contributed by atoms with Crippen LogP contribution in [0.15, 0.2) is 4.52 Å². The van der Waals surface area contributed by atoms with Crippen LogP contribution in [-0.4, -0.2) is 36.0 Å². The lowest BCUT2D eigenvalue weighted by Gasteiger charge is -2.12. The summed E-state index contributed by atoms with van der Waals surface area (Å²) in [6, 6.07) is 0. The van der Waals surface area contributed by atoms with Crippen molar-refractivity contribution in [3.8, 4) is 0 Å². The molecule has 1 amide bonds. The molecule has 16 heavy (non-hydrogen) atoms. The fourth-order valence-electron chi connectivity index (χ4n) is 1.14. The summed E-state index contributed by atoms with van der Waals surface area (Å²) >= 11 is 1.52. The van der Waals surface area contributed by atoms with Crippen LogP contribution in [0.25, 0.3) is 0 Å². The highest BCUT2D eigenvalue weighted by atomic mass is 32.2. The minimum Gasteiger partial charge on any atom is -0.361 e. The van der Waals surface area contributed by atoms with Crippen LogP contribution in [0.2, 0.25) is 0 Å². The molecule has 90 valence electrons. The molecule has 0 fully saturated rings. The molecule has 1 aromatic rings. The molecule has 5 nitrogen and oxygen atoms in total. The van der Waals surface area contributed by atoms with E-state index in [1.807, 2.05) is 13.8 Å². The number of hydrogen-bond acceptors (Lipinski definition) is 5. The molecular weight excluding hydrogens is 228 g/mol. The number of hydrogen-bond donors (Lipinski definition) is 0. The number of rotatable bonds is 5. The maximum absolute atomic E-state index is 11.4. The van der Waals surface area contributed by atoms with Gasteiger partial charge in [-0.05, 0) is 13.8 Å². The van der Waals surface area contributed by atoms with Crippen molar-refractivity contribution in [1.82, 2.24) is 10.2 Å². The number of thioether (sulfide) groups is 1. The van der Waals surface area contributed by atoms with E-state index in [9.17, 15) is 4.79 Å². The van der Waals surface area contributed by atoms with Gasteiger partial charge in [0.2, 0.25) is 0 Å². The molecule has 0 aliphatic rings. The van der Waals surface area contributed by atoms with Crippen molar-refractivity contribution in [2.24, 2.45) is 0 Å². The molecule has 6 heteroatoms. The van der Waals surface area contributed by atoms with Crippen molar-refractivity contribution in [3.63, 3.8) is 0 Å². The number of carbonyl (C=O) groups is 1. The van der Waals surface area contributed by atoms with Crippen molar-refractivity contribution >= 4 is 17.7 Å². The maximum atomic E-state index is 11.4. The van der Waals surface area contributed by atoms with E-state index < -0.39 is 0 Å². The summed E-state index contributed by atoms with van der Waals surface area (Å²) in [7, 11) is 3.07. The van der Waals surface area contributed by atoms with E-state index in [0.29, 0.717) is 5.75 Å². The van der Waals surface area contributed by atoms with Crippen LogP contribution in [0.3, 0.4) is 0 Å². The molecule has 1 heterocycles. The van der Waals surface area contributed by atoms with E-state index in [2.05, 4.69) is 5.16 Å². The highest BCUT2D eigenvalue weighted by Crippen LogP contribution is 2.19. The van der Waals surface area contributed by atoms with Gasteiger partial charge in [-0.1, -0.05) is 5.16 Å². The van der Waals surface area contributed by atoms with Gasteiger partial charge in [0.05, 0.1) is 18.6 Å². The topological polar surface area (TPSA) is 55.6 Å². The van der Waals surface area contributed by atoms with Gasteiger partial charge in [0.25, 0.3) is 5.91 Å². The maximum Gasteiger partial charge on any atom is 0.255 e. The Morgan fingerprint density at radius 2 is 2.25 bits per heavy atom. The molecule has 0 saturated carbocycles. The van der Waals surface area contributed by atoms with Crippen LogP contribution in [-0.2, 0) is 15.4 Å². The fraction of sp³-hybridized carbons (Fsp3) is 0.600. The highest BCUT2D eigenvalue weighted by molar-refractivity contribution is 7.99. The first-order valence-electron chi connectivity index (χ1n) is 4.86. The Balaban J connectivity index is 2.39. The van der Waals surface area contributed by atoms with Gasteiger partial charge >= 0.3 is 0 Å². The summed E-state index contributed by atoms with van der Waals surface area (Å²) in [6.07, 6.45) is 0. The molecule has 0 bridgehead atoms. The molecule has 0 spiro atoms. The number of aromatic nitrogens is 1. The second-order valence-corrected chi connectivity index (χ2v) is 4.35. The SMILES string of the molecule is CON(C)C(=O)CSCc1c(C)noc1C. The number of hydroxylamine groups is 2. The van der Waals surface area contributed by atoms with E-state index in [-0.39, 0.29) is 5.91 Å². The van der Waals surface area contributed by atoms with Gasteiger partial charge in [-0.3, -0.25) is 9.63 Å². The molecule has 0 radical (unpaired) electrons. The predicted octanol–water partition coefficient (Wildman–Crippen LogP) is 1.54. The zero-order valence-corrected chi connectivity index (χ0v) is 10.8. The van der Waals surface area contributed by atoms with E-state index in [0.717, 1.165) is 22.8 Å². The summed E-state index contributed by atoms with van der Waals surface area (Å²) < 4.78 is 5.04. The van der Waals surface area contributed by atoms with Gasteiger partial charge in [-0.15, -0.1) is 11.8 Å². The molecule has 0 aliphatic heterocycles. The Kier molecular flexibility index (Phi) is 4.82. The van der Waals surface area contributed by atoms with E-state index in [1.54, 1.807) is 7.05 Å². The third kappa shape index (κ3) is 3.24. The second kappa shape index (κ2) is 5.91. The Morgan fingerprint density at radius 1 is 1.56 bits per heavy atom. The van der Waals surface area contributed by atoms with E-state index in [4.69, 9.17) is 9.36 Å². The molecule has 1 rings (SSSR count). The minimum atomic E-state index is -0.0562. The minimum absolute atomic E-state index is 0.0562. The van der Waals surface area contributed by atoms with Crippen molar-refractivity contribution in [1.29, 1.82) is 0 Å². The lowest BCUT2D eigenvalue weighted by molar-refractivity contribution is -0.165. The summed E-state index contributed by atoms with van der Waals surface area (Å²) in [5, 5.41) is 5.08. The molecule has 0 atom stereocenters. The number of carbonyl (C=O) groups excluding carboxylic acids is 1. The van der Waals surface area contributed by atoms with Gasteiger partial charge in [0.1, 0.15) is 5.76 Å².